The number of halogens is 3. The van der Waals surface area contributed by atoms with Crippen LogP contribution in [0.15, 0.2) is 30.3 Å². The molecule has 0 radical (unpaired) electrons. The van der Waals surface area contributed by atoms with Gasteiger partial charge in [0, 0.05) is 5.02 Å². The van der Waals surface area contributed by atoms with E-state index in [0.717, 1.165) is 0 Å². The molecular formula is C14H10ClF2N3. The lowest BCUT2D eigenvalue weighted by atomic mass is 10.2. The summed E-state index contributed by atoms with van der Waals surface area (Å²) in [4.78, 5) is 4.09. The van der Waals surface area contributed by atoms with Crippen molar-refractivity contribution in [3.8, 4) is 5.69 Å². The third-order valence-corrected chi connectivity index (χ3v) is 3.36. The Morgan fingerprint density at radius 3 is 2.70 bits per heavy atom. The lowest BCUT2D eigenvalue weighted by Gasteiger charge is -2.10. The van der Waals surface area contributed by atoms with Crippen molar-refractivity contribution in [3.05, 3.63) is 52.6 Å². The molecule has 0 spiro atoms. The van der Waals surface area contributed by atoms with Crippen molar-refractivity contribution in [2.45, 2.75) is 6.92 Å². The number of nitrogens with two attached hydrogens (primary N) is 1. The van der Waals surface area contributed by atoms with E-state index in [1.54, 1.807) is 25.1 Å². The minimum Gasteiger partial charge on any atom is -0.369 e. The zero-order valence-electron chi connectivity index (χ0n) is 10.5. The van der Waals surface area contributed by atoms with Gasteiger partial charge >= 0.3 is 0 Å². The lowest BCUT2D eigenvalue weighted by Crippen LogP contribution is -2.06. The molecule has 3 aromatic rings. The zero-order chi connectivity index (χ0) is 14.4. The quantitative estimate of drug-likeness (QED) is 0.740. The van der Waals surface area contributed by atoms with Crippen molar-refractivity contribution in [1.82, 2.24) is 9.55 Å². The molecule has 2 aromatic carbocycles. The molecule has 2 N–H and O–H groups in total. The molecule has 0 atom stereocenters. The summed E-state index contributed by atoms with van der Waals surface area (Å²) in [6, 6.07) is 7.42. The summed E-state index contributed by atoms with van der Waals surface area (Å²) in [5.74, 6) is -1.36. The fourth-order valence-electron chi connectivity index (χ4n) is 2.15. The van der Waals surface area contributed by atoms with Gasteiger partial charge in [-0.1, -0.05) is 17.7 Å². The Bertz CT molecular complexity index is 827. The maximum absolute atomic E-state index is 14.2. The summed E-state index contributed by atoms with van der Waals surface area (Å²) in [7, 11) is 0. The van der Waals surface area contributed by atoms with Gasteiger partial charge in [0.2, 0.25) is 5.95 Å². The Labute approximate surface area is 118 Å². The Kier molecular flexibility index (Phi) is 2.87. The van der Waals surface area contributed by atoms with Crippen LogP contribution in [0.25, 0.3) is 16.7 Å². The van der Waals surface area contributed by atoms with E-state index < -0.39 is 11.6 Å². The molecule has 6 heteroatoms. The lowest BCUT2D eigenvalue weighted by molar-refractivity contribution is 0.566. The summed E-state index contributed by atoms with van der Waals surface area (Å²) >= 11 is 5.88. The Hall–Kier alpha value is -2.14. The van der Waals surface area contributed by atoms with E-state index in [1.807, 2.05) is 0 Å². The number of rotatable bonds is 1. The topological polar surface area (TPSA) is 43.8 Å². The fourth-order valence-corrected chi connectivity index (χ4v) is 2.32. The van der Waals surface area contributed by atoms with Gasteiger partial charge in [0.15, 0.2) is 5.82 Å². The van der Waals surface area contributed by atoms with Crippen molar-refractivity contribution in [1.29, 1.82) is 0 Å². The average molecular weight is 294 g/mol. The van der Waals surface area contributed by atoms with Crippen LogP contribution in [0.2, 0.25) is 5.02 Å². The molecule has 3 rings (SSSR count). The van der Waals surface area contributed by atoms with Crippen LogP contribution >= 0.6 is 11.6 Å². The number of imidazole rings is 1. The maximum atomic E-state index is 14.2. The SMILES string of the molecule is Cc1ccc(F)c(-n2c(N)nc3cc(Cl)ccc32)c1F. The number of fused-ring (bicyclic) bond motifs is 1. The molecule has 0 saturated carbocycles. The van der Waals surface area contributed by atoms with E-state index in [9.17, 15) is 8.78 Å². The number of aromatic nitrogens is 2. The molecule has 0 saturated heterocycles. The van der Waals surface area contributed by atoms with Crippen molar-refractivity contribution in [2.24, 2.45) is 0 Å². The minimum absolute atomic E-state index is 0.00525. The molecule has 1 aromatic heterocycles. The van der Waals surface area contributed by atoms with Crippen LogP contribution in [0, 0.1) is 18.6 Å². The molecule has 102 valence electrons. The number of aryl methyl sites for hydroxylation is 1. The van der Waals surface area contributed by atoms with E-state index in [1.165, 1.54) is 16.7 Å². The van der Waals surface area contributed by atoms with Gasteiger partial charge in [0.05, 0.1) is 11.0 Å². The highest BCUT2D eigenvalue weighted by Crippen LogP contribution is 2.29. The van der Waals surface area contributed by atoms with E-state index in [4.69, 9.17) is 17.3 Å². The number of nitrogens with zero attached hydrogens (tertiary/aromatic N) is 2. The van der Waals surface area contributed by atoms with E-state index in [-0.39, 0.29) is 11.6 Å². The van der Waals surface area contributed by atoms with Gasteiger partial charge in [-0.15, -0.1) is 0 Å². The van der Waals surface area contributed by atoms with Crippen LogP contribution in [-0.4, -0.2) is 9.55 Å². The standard InChI is InChI=1S/C14H10ClF2N3/c1-7-2-4-9(16)13(12(7)17)20-11-5-3-8(15)6-10(11)19-14(20)18/h2-6H,1H3,(H2,18,19). The summed E-state index contributed by atoms with van der Waals surface area (Å²) in [6.07, 6.45) is 0. The van der Waals surface area contributed by atoms with Gasteiger partial charge < -0.3 is 5.73 Å². The molecular weight excluding hydrogens is 284 g/mol. The molecule has 0 aliphatic rings. The highest BCUT2D eigenvalue weighted by Gasteiger charge is 2.19. The summed E-state index contributed by atoms with van der Waals surface area (Å²) < 4.78 is 29.5. The molecule has 20 heavy (non-hydrogen) atoms. The minimum atomic E-state index is -0.700. The zero-order valence-corrected chi connectivity index (χ0v) is 11.2. The molecule has 0 bridgehead atoms. The molecule has 0 unspecified atom stereocenters. The van der Waals surface area contributed by atoms with E-state index in [2.05, 4.69) is 4.98 Å². The number of hydrogen-bond acceptors (Lipinski definition) is 2. The highest BCUT2D eigenvalue weighted by atomic mass is 35.5. The van der Waals surface area contributed by atoms with Gasteiger partial charge in [-0.25, -0.2) is 13.8 Å². The van der Waals surface area contributed by atoms with Gasteiger partial charge in [-0.2, -0.15) is 0 Å². The van der Waals surface area contributed by atoms with Gasteiger partial charge in [0.25, 0.3) is 0 Å². The first-order chi connectivity index (χ1) is 9.49. The summed E-state index contributed by atoms with van der Waals surface area (Å²) in [5.41, 5.74) is 6.88. The first-order valence-electron chi connectivity index (χ1n) is 5.87. The number of nitrogen functional groups attached to an aromatic ring is 1. The second-order valence-corrected chi connectivity index (χ2v) is 4.90. The van der Waals surface area contributed by atoms with Crippen LogP contribution in [0.5, 0.6) is 0 Å². The molecule has 0 aliphatic carbocycles. The van der Waals surface area contributed by atoms with Gasteiger partial charge in [-0.05, 0) is 36.8 Å². The molecule has 0 fully saturated rings. The predicted octanol–water partition coefficient (Wildman–Crippen LogP) is 3.85. The highest BCUT2D eigenvalue weighted by molar-refractivity contribution is 6.31. The summed E-state index contributed by atoms with van der Waals surface area (Å²) in [6.45, 7) is 1.56. The number of hydrogen-bond donors (Lipinski definition) is 1. The first-order valence-corrected chi connectivity index (χ1v) is 6.25. The number of anilines is 1. The van der Waals surface area contributed by atoms with E-state index >= 15 is 0 Å². The van der Waals surface area contributed by atoms with Crippen LogP contribution < -0.4 is 5.73 Å². The number of benzene rings is 2. The first kappa shape index (κ1) is 12.9. The largest absolute Gasteiger partial charge is 0.369 e. The van der Waals surface area contributed by atoms with Crippen molar-refractivity contribution < 1.29 is 8.78 Å². The van der Waals surface area contributed by atoms with Crippen LogP contribution in [0.3, 0.4) is 0 Å². The normalized spacial score (nSPS) is 11.2. The molecule has 1 heterocycles. The van der Waals surface area contributed by atoms with Crippen LogP contribution in [0.4, 0.5) is 14.7 Å². The average Bonchev–Trinajstić information content (AvgIpc) is 2.70. The Balaban J connectivity index is 2.41. The smallest absolute Gasteiger partial charge is 0.206 e. The van der Waals surface area contributed by atoms with E-state index in [0.29, 0.717) is 21.6 Å². The predicted molar refractivity (Wildman–Crippen MR) is 75.1 cm³/mol. The monoisotopic (exact) mass is 293 g/mol. The third kappa shape index (κ3) is 1.82. The fraction of sp³-hybridized carbons (Fsp3) is 0.0714. The van der Waals surface area contributed by atoms with Gasteiger partial charge in [0.1, 0.15) is 11.5 Å². The second kappa shape index (κ2) is 4.45. The van der Waals surface area contributed by atoms with Crippen LogP contribution in [-0.2, 0) is 0 Å². The Morgan fingerprint density at radius 1 is 1.20 bits per heavy atom. The van der Waals surface area contributed by atoms with Gasteiger partial charge in [-0.3, -0.25) is 4.57 Å². The maximum Gasteiger partial charge on any atom is 0.206 e. The third-order valence-electron chi connectivity index (χ3n) is 3.13. The molecule has 0 aliphatic heterocycles. The Morgan fingerprint density at radius 2 is 1.95 bits per heavy atom. The van der Waals surface area contributed by atoms with Crippen LogP contribution in [0.1, 0.15) is 5.56 Å². The summed E-state index contributed by atoms with van der Waals surface area (Å²) in [5, 5.41) is 0.479. The van der Waals surface area contributed by atoms with Crippen molar-refractivity contribution >= 4 is 28.6 Å². The molecule has 0 amide bonds. The van der Waals surface area contributed by atoms with Crippen molar-refractivity contribution in [3.63, 3.8) is 0 Å². The van der Waals surface area contributed by atoms with Crippen molar-refractivity contribution in [2.75, 3.05) is 5.73 Å². The second-order valence-electron chi connectivity index (χ2n) is 4.47. The molecule has 3 nitrogen and oxygen atoms in total.